The molecule has 0 aromatic rings. The molecule has 0 heterocycles. The van der Waals surface area contributed by atoms with Crippen molar-refractivity contribution < 1.29 is 19.1 Å². The minimum atomic E-state index is -0.684. The number of hydrogen-bond acceptors (Lipinski definition) is 6. The zero-order valence-corrected chi connectivity index (χ0v) is 10.7. The molecule has 1 unspecified atom stereocenters. The Bertz CT molecular complexity index is 233. The van der Waals surface area contributed by atoms with Crippen molar-refractivity contribution in [3.8, 4) is 0 Å². The highest BCUT2D eigenvalue weighted by molar-refractivity contribution is 8.00. The monoisotopic (exact) mass is 249 g/mol. The molecule has 1 atom stereocenters. The number of nitrogens with two attached hydrogens (primary N) is 1. The Kier molecular flexibility index (Phi) is 8.01. The zero-order chi connectivity index (χ0) is 12.6. The van der Waals surface area contributed by atoms with Crippen LogP contribution in [0.5, 0.6) is 0 Å². The summed E-state index contributed by atoms with van der Waals surface area (Å²) in [5, 5.41) is 0. The van der Waals surface area contributed by atoms with Crippen LogP contribution in [0.4, 0.5) is 0 Å². The number of esters is 2. The number of ether oxygens (including phenoxy) is 2. The molecular weight excluding hydrogens is 230 g/mol. The third-order valence-electron chi connectivity index (χ3n) is 1.47. The maximum absolute atomic E-state index is 11.1. The van der Waals surface area contributed by atoms with E-state index in [4.69, 9.17) is 15.2 Å². The van der Waals surface area contributed by atoms with E-state index >= 15 is 0 Å². The summed E-state index contributed by atoms with van der Waals surface area (Å²) < 4.78 is 9.66. The molecular formula is C10H19NO4S. The fourth-order valence-electron chi connectivity index (χ4n) is 0.883. The van der Waals surface area contributed by atoms with Gasteiger partial charge in [0.05, 0.1) is 18.5 Å². The van der Waals surface area contributed by atoms with Crippen molar-refractivity contribution in [2.45, 2.75) is 32.9 Å². The molecule has 94 valence electrons. The molecule has 0 saturated carbocycles. The van der Waals surface area contributed by atoms with Crippen LogP contribution in [0.1, 0.15) is 20.8 Å². The van der Waals surface area contributed by atoms with Crippen LogP contribution < -0.4 is 5.73 Å². The number of carbonyl (C=O) groups excluding carboxylic acids is 2. The van der Waals surface area contributed by atoms with Gasteiger partial charge in [-0.15, -0.1) is 11.8 Å². The minimum absolute atomic E-state index is 0.119. The third-order valence-corrected chi connectivity index (χ3v) is 2.51. The van der Waals surface area contributed by atoms with Crippen LogP contribution in [0.2, 0.25) is 0 Å². The van der Waals surface area contributed by atoms with Gasteiger partial charge in [0.15, 0.2) is 0 Å². The standard InChI is InChI=1S/C10H19NO4S/c1-4-14-10(13)8(11)5-16-6-9(12)15-7(2)3/h7-8H,4-6,11H2,1-3H3. The van der Waals surface area contributed by atoms with Gasteiger partial charge in [0.2, 0.25) is 0 Å². The molecule has 0 aromatic heterocycles. The fourth-order valence-corrected chi connectivity index (χ4v) is 1.63. The average molecular weight is 249 g/mol. The maximum atomic E-state index is 11.1. The first kappa shape index (κ1) is 15.2. The van der Waals surface area contributed by atoms with Crippen molar-refractivity contribution >= 4 is 23.7 Å². The zero-order valence-electron chi connectivity index (χ0n) is 9.89. The summed E-state index contributed by atoms with van der Waals surface area (Å²) in [7, 11) is 0. The highest BCUT2D eigenvalue weighted by Crippen LogP contribution is 2.04. The summed E-state index contributed by atoms with van der Waals surface area (Å²) in [5.41, 5.74) is 5.54. The van der Waals surface area contributed by atoms with E-state index in [-0.39, 0.29) is 17.8 Å². The van der Waals surface area contributed by atoms with Crippen LogP contribution in [-0.2, 0) is 19.1 Å². The highest BCUT2D eigenvalue weighted by atomic mass is 32.2. The molecule has 6 heteroatoms. The van der Waals surface area contributed by atoms with E-state index in [9.17, 15) is 9.59 Å². The van der Waals surface area contributed by atoms with Gasteiger partial charge in [-0.25, -0.2) is 0 Å². The molecule has 16 heavy (non-hydrogen) atoms. The lowest BCUT2D eigenvalue weighted by Gasteiger charge is -2.10. The summed E-state index contributed by atoms with van der Waals surface area (Å²) in [4.78, 5) is 22.3. The van der Waals surface area contributed by atoms with Gasteiger partial charge in [-0.2, -0.15) is 0 Å². The molecule has 0 aliphatic rings. The van der Waals surface area contributed by atoms with Gasteiger partial charge in [-0.05, 0) is 20.8 Å². The highest BCUT2D eigenvalue weighted by Gasteiger charge is 2.15. The smallest absolute Gasteiger partial charge is 0.323 e. The van der Waals surface area contributed by atoms with E-state index in [1.807, 2.05) is 0 Å². The molecule has 5 nitrogen and oxygen atoms in total. The van der Waals surface area contributed by atoms with Gasteiger partial charge in [0.25, 0.3) is 0 Å². The second-order valence-electron chi connectivity index (χ2n) is 3.41. The first-order valence-electron chi connectivity index (χ1n) is 5.16. The van der Waals surface area contributed by atoms with Crippen molar-refractivity contribution in [1.82, 2.24) is 0 Å². The molecule has 0 bridgehead atoms. The Morgan fingerprint density at radius 1 is 1.38 bits per heavy atom. The largest absolute Gasteiger partial charge is 0.465 e. The summed E-state index contributed by atoms with van der Waals surface area (Å²) >= 11 is 1.27. The van der Waals surface area contributed by atoms with Crippen molar-refractivity contribution in [3.63, 3.8) is 0 Å². The lowest BCUT2D eigenvalue weighted by atomic mass is 10.4. The van der Waals surface area contributed by atoms with E-state index in [2.05, 4.69) is 0 Å². The van der Waals surface area contributed by atoms with Gasteiger partial charge in [-0.1, -0.05) is 0 Å². The second kappa shape index (κ2) is 8.41. The lowest BCUT2D eigenvalue weighted by Crippen LogP contribution is -2.35. The molecule has 0 spiro atoms. The van der Waals surface area contributed by atoms with Crippen LogP contribution in [0.3, 0.4) is 0 Å². The van der Waals surface area contributed by atoms with E-state index in [1.165, 1.54) is 11.8 Å². The fraction of sp³-hybridized carbons (Fsp3) is 0.800. The quantitative estimate of drug-likeness (QED) is 0.664. The Labute approximate surface area is 100 Å². The van der Waals surface area contributed by atoms with E-state index in [0.29, 0.717) is 12.4 Å². The Hall–Kier alpha value is -0.750. The van der Waals surface area contributed by atoms with Crippen LogP contribution in [0.25, 0.3) is 0 Å². The normalized spacial score (nSPS) is 12.3. The predicted molar refractivity (Wildman–Crippen MR) is 63.2 cm³/mol. The van der Waals surface area contributed by atoms with Gasteiger partial charge >= 0.3 is 11.9 Å². The summed E-state index contributed by atoms with van der Waals surface area (Å²) in [6, 6.07) is -0.684. The first-order chi connectivity index (χ1) is 7.47. The van der Waals surface area contributed by atoms with E-state index in [1.54, 1.807) is 20.8 Å². The SMILES string of the molecule is CCOC(=O)C(N)CSCC(=O)OC(C)C. The molecule has 0 aromatic carbocycles. The molecule has 0 saturated heterocycles. The number of thioether (sulfide) groups is 1. The topological polar surface area (TPSA) is 78.6 Å². The number of hydrogen-bond donors (Lipinski definition) is 1. The van der Waals surface area contributed by atoms with Gasteiger partial charge < -0.3 is 15.2 Å². The third kappa shape index (κ3) is 7.53. The van der Waals surface area contributed by atoms with Gasteiger partial charge in [0, 0.05) is 5.75 Å². The number of carbonyl (C=O) groups is 2. The Balaban J connectivity index is 3.65. The first-order valence-corrected chi connectivity index (χ1v) is 6.32. The van der Waals surface area contributed by atoms with Crippen LogP contribution in [0, 0.1) is 0 Å². The maximum Gasteiger partial charge on any atom is 0.323 e. The Morgan fingerprint density at radius 2 is 2.00 bits per heavy atom. The van der Waals surface area contributed by atoms with Crippen LogP contribution in [0.15, 0.2) is 0 Å². The Morgan fingerprint density at radius 3 is 2.50 bits per heavy atom. The summed E-state index contributed by atoms with van der Waals surface area (Å²) in [6.07, 6.45) is -0.119. The summed E-state index contributed by atoms with van der Waals surface area (Å²) in [6.45, 7) is 5.60. The molecule has 0 fully saturated rings. The van der Waals surface area contributed by atoms with Crippen molar-refractivity contribution in [3.05, 3.63) is 0 Å². The van der Waals surface area contributed by atoms with Crippen molar-refractivity contribution in [2.24, 2.45) is 5.73 Å². The molecule has 0 aliphatic carbocycles. The molecule has 0 radical (unpaired) electrons. The van der Waals surface area contributed by atoms with Crippen LogP contribution >= 0.6 is 11.8 Å². The number of rotatable bonds is 7. The van der Waals surface area contributed by atoms with E-state index < -0.39 is 12.0 Å². The summed E-state index contributed by atoms with van der Waals surface area (Å²) in [5.74, 6) is -0.180. The minimum Gasteiger partial charge on any atom is -0.465 e. The lowest BCUT2D eigenvalue weighted by molar-refractivity contribution is -0.145. The molecule has 0 aliphatic heterocycles. The molecule has 2 N–H and O–H groups in total. The van der Waals surface area contributed by atoms with Crippen molar-refractivity contribution in [1.29, 1.82) is 0 Å². The van der Waals surface area contributed by atoms with Crippen LogP contribution in [-0.4, -0.2) is 42.2 Å². The van der Waals surface area contributed by atoms with E-state index in [0.717, 1.165) is 0 Å². The average Bonchev–Trinajstić information content (AvgIpc) is 2.16. The van der Waals surface area contributed by atoms with Gasteiger partial charge in [-0.3, -0.25) is 9.59 Å². The second-order valence-corrected chi connectivity index (χ2v) is 4.44. The van der Waals surface area contributed by atoms with Gasteiger partial charge in [0.1, 0.15) is 6.04 Å². The molecule has 0 amide bonds. The van der Waals surface area contributed by atoms with Crippen molar-refractivity contribution in [2.75, 3.05) is 18.1 Å². The molecule has 0 rings (SSSR count). The predicted octanol–water partition coefficient (Wildman–Crippen LogP) is 0.562.